The van der Waals surface area contributed by atoms with Crippen molar-refractivity contribution in [2.45, 2.75) is 38.1 Å². The van der Waals surface area contributed by atoms with Crippen LogP contribution >= 0.6 is 15.9 Å². The molecule has 21 heavy (non-hydrogen) atoms. The molecule has 1 saturated carbocycles. The number of halogens is 1. The molecule has 0 saturated heterocycles. The molecule has 1 unspecified atom stereocenters. The van der Waals surface area contributed by atoms with E-state index >= 15 is 0 Å². The minimum Gasteiger partial charge on any atom is -0.271 e. The Morgan fingerprint density at radius 3 is 2.38 bits per heavy atom. The molecule has 1 aliphatic carbocycles. The fourth-order valence-corrected chi connectivity index (χ4v) is 3.51. The summed E-state index contributed by atoms with van der Waals surface area (Å²) in [5, 5.41) is 0. The van der Waals surface area contributed by atoms with Gasteiger partial charge in [-0.1, -0.05) is 52.7 Å². The summed E-state index contributed by atoms with van der Waals surface area (Å²) in [7, 11) is 0. The molecule has 1 fully saturated rings. The molecule has 1 aliphatic rings. The highest BCUT2D eigenvalue weighted by molar-refractivity contribution is 9.10. The third-order valence-corrected chi connectivity index (χ3v) is 5.05. The smallest absolute Gasteiger partial charge is 0.0712 e. The lowest BCUT2D eigenvalue weighted by Gasteiger charge is -2.26. The monoisotopic (exact) mass is 344 g/mol. The zero-order valence-electron chi connectivity index (χ0n) is 12.3. The van der Waals surface area contributed by atoms with Crippen LogP contribution in [0.25, 0.3) is 0 Å². The Balaban J connectivity index is 1.88. The summed E-state index contributed by atoms with van der Waals surface area (Å²) in [6.07, 6.45) is 4.05. The number of rotatable bonds is 4. The first kappa shape index (κ1) is 14.8. The summed E-state index contributed by atoms with van der Waals surface area (Å²) in [6, 6.07) is 15.3. The summed E-state index contributed by atoms with van der Waals surface area (Å²) < 4.78 is 1.10. The second-order valence-electron chi connectivity index (χ2n) is 5.90. The summed E-state index contributed by atoms with van der Waals surface area (Å²) in [5.74, 6) is 6.59. The molecule has 0 radical (unpaired) electrons. The summed E-state index contributed by atoms with van der Waals surface area (Å²) in [5.41, 5.74) is 8.09. The molecule has 0 heterocycles. The fourth-order valence-electron chi connectivity index (χ4n) is 3.03. The largest absolute Gasteiger partial charge is 0.271 e. The van der Waals surface area contributed by atoms with Crippen LogP contribution in [-0.2, 0) is 0 Å². The van der Waals surface area contributed by atoms with Gasteiger partial charge in [0.1, 0.15) is 0 Å². The van der Waals surface area contributed by atoms with E-state index in [0.29, 0.717) is 0 Å². The van der Waals surface area contributed by atoms with Gasteiger partial charge in [-0.2, -0.15) is 0 Å². The van der Waals surface area contributed by atoms with Crippen LogP contribution in [0.5, 0.6) is 0 Å². The standard InChI is InChI=1S/C18H21BrN2/c1-12-11-16(19)9-10-17(12)18(21-20)15-7-5-14(6-8-15)13-3-2-4-13/h5-11,13,18,21H,2-4,20H2,1H3. The third kappa shape index (κ3) is 3.05. The molecule has 2 nitrogen and oxygen atoms in total. The maximum absolute atomic E-state index is 5.82. The minimum absolute atomic E-state index is 0.0357. The van der Waals surface area contributed by atoms with Gasteiger partial charge in [0.05, 0.1) is 6.04 Å². The predicted octanol–water partition coefficient (Wildman–Crippen LogP) is 4.58. The van der Waals surface area contributed by atoms with Crippen LogP contribution in [0.15, 0.2) is 46.9 Å². The molecule has 0 spiro atoms. The number of hydrogen-bond donors (Lipinski definition) is 2. The van der Waals surface area contributed by atoms with E-state index in [1.807, 2.05) is 0 Å². The molecule has 0 amide bonds. The summed E-state index contributed by atoms with van der Waals surface area (Å²) >= 11 is 3.51. The Morgan fingerprint density at radius 2 is 1.86 bits per heavy atom. The second-order valence-corrected chi connectivity index (χ2v) is 6.81. The van der Waals surface area contributed by atoms with Crippen LogP contribution in [0.4, 0.5) is 0 Å². The van der Waals surface area contributed by atoms with Crippen molar-refractivity contribution in [1.82, 2.24) is 5.43 Å². The van der Waals surface area contributed by atoms with E-state index in [9.17, 15) is 0 Å². The molecule has 1 atom stereocenters. The second kappa shape index (κ2) is 6.30. The number of aryl methyl sites for hydroxylation is 1. The molecule has 2 aromatic rings. The SMILES string of the molecule is Cc1cc(Br)ccc1C(NN)c1ccc(C2CCC2)cc1. The lowest BCUT2D eigenvalue weighted by molar-refractivity contribution is 0.419. The van der Waals surface area contributed by atoms with Crippen molar-refractivity contribution in [2.75, 3.05) is 0 Å². The first-order valence-electron chi connectivity index (χ1n) is 7.51. The Bertz CT molecular complexity index is 618. The zero-order valence-corrected chi connectivity index (χ0v) is 13.9. The highest BCUT2D eigenvalue weighted by Gasteiger charge is 2.20. The van der Waals surface area contributed by atoms with E-state index in [2.05, 4.69) is 70.7 Å². The molecule has 0 bridgehead atoms. The van der Waals surface area contributed by atoms with Crippen molar-refractivity contribution in [1.29, 1.82) is 0 Å². The average molecular weight is 345 g/mol. The van der Waals surface area contributed by atoms with E-state index < -0.39 is 0 Å². The zero-order chi connectivity index (χ0) is 14.8. The van der Waals surface area contributed by atoms with Crippen molar-refractivity contribution >= 4 is 15.9 Å². The van der Waals surface area contributed by atoms with Gasteiger partial charge in [-0.3, -0.25) is 5.84 Å². The van der Waals surface area contributed by atoms with E-state index in [1.54, 1.807) is 0 Å². The first-order chi connectivity index (χ1) is 10.2. The van der Waals surface area contributed by atoms with Crippen LogP contribution in [0.1, 0.15) is 53.5 Å². The highest BCUT2D eigenvalue weighted by Crippen LogP contribution is 2.37. The Hall–Kier alpha value is -1.16. The van der Waals surface area contributed by atoms with Crippen molar-refractivity contribution in [2.24, 2.45) is 5.84 Å². The number of benzene rings is 2. The maximum atomic E-state index is 5.82. The van der Waals surface area contributed by atoms with Crippen molar-refractivity contribution in [3.05, 3.63) is 69.2 Å². The lowest BCUT2D eigenvalue weighted by atomic mass is 9.79. The van der Waals surface area contributed by atoms with Crippen molar-refractivity contribution in [3.8, 4) is 0 Å². The molecule has 2 aromatic carbocycles. The Labute approximate surface area is 134 Å². The normalized spacial score (nSPS) is 16.5. The molecular weight excluding hydrogens is 324 g/mol. The van der Waals surface area contributed by atoms with Gasteiger partial charge in [-0.25, -0.2) is 5.43 Å². The topological polar surface area (TPSA) is 38.0 Å². The van der Waals surface area contributed by atoms with Gasteiger partial charge in [0.15, 0.2) is 0 Å². The summed E-state index contributed by atoms with van der Waals surface area (Å²) in [4.78, 5) is 0. The first-order valence-corrected chi connectivity index (χ1v) is 8.30. The van der Waals surface area contributed by atoms with Gasteiger partial charge in [-0.05, 0) is 60.1 Å². The van der Waals surface area contributed by atoms with E-state index in [4.69, 9.17) is 5.84 Å². The molecular formula is C18H21BrN2. The molecule has 3 heteroatoms. The fraction of sp³-hybridized carbons (Fsp3) is 0.333. The predicted molar refractivity (Wildman–Crippen MR) is 91.1 cm³/mol. The van der Waals surface area contributed by atoms with Gasteiger partial charge >= 0.3 is 0 Å². The molecule has 110 valence electrons. The molecule has 3 N–H and O–H groups in total. The summed E-state index contributed by atoms with van der Waals surface area (Å²) in [6.45, 7) is 2.12. The molecule has 0 aromatic heterocycles. The number of nitrogens with two attached hydrogens (primary N) is 1. The van der Waals surface area contributed by atoms with Gasteiger partial charge in [0, 0.05) is 4.47 Å². The number of hydrazine groups is 1. The number of nitrogens with one attached hydrogen (secondary N) is 1. The van der Waals surface area contributed by atoms with Gasteiger partial charge < -0.3 is 0 Å². The van der Waals surface area contributed by atoms with E-state index in [-0.39, 0.29) is 6.04 Å². The minimum atomic E-state index is 0.0357. The highest BCUT2D eigenvalue weighted by atomic mass is 79.9. The van der Waals surface area contributed by atoms with Gasteiger partial charge in [0.25, 0.3) is 0 Å². The van der Waals surface area contributed by atoms with Crippen LogP contribution in [-0.4, -0.2) is 0 Å². The van der Waals surface area contributed by atoms with E-state index in [0.717, 1.165) is 10.4 Å². The maximum Gasteiger partial charge on any atom is 0.0712 e. The third-order valence-electron chi connectivity index (χ3n) is 4.56. The van der Waals surface area contributed by atoms with Crippen LogP contribution < -0.4 is 11.3 Å². The van der Waals surface area contributed by atoms with Crippen LogP contribution in [0, 0.1) is 6.92 Å². The quantitative estimate of drug-likeness (QED) is 0.629. The Kier molecular flexibility index (Phi) is 4.43. The van der Waals surface area contributed by atoms with Gasteiger partial charge in [-0.15, -0.1) is 0 Å². The van der Waals surface area contributed by atoms with E-state index in [1.165, 1.54) is 41.5 Å². The van der Waals surface area contributed by atoms with Crippen LogP contribution in [0.3, 0.4) is 0 Å². The van der Waals surface area contributed by atoms with Crippen molar-refractivity contribution in [3.63, 3.8) is 0 Å². The van der Waals surface area contributed by atoms with Crippen LogP contribution in [0.2, 0.25) is 0 Å². The number of hydrogen-bond acceptors (Lipinski definition) is 2. The molecule has 3 rings (SSSR count). The van der Waals surface area contributed by atoms with Crippen molar-refractivity contribution < 1.29 is 0 Å². The lowest BCUT2D eigenvalue weighted by Crippen LogP contribution is -2.29. The average Bonchev–Trinajstić information content (AvgIpc) is 2.42. The Morgan fingerprint density at radius 1 is 1.14 bits per heavy atom. The molecule has 0 aliphatic heterocycles. The van der Waals surface area contributed by atoms with Gasteiger partial charge in [0.2, 0.25) is 0 Å².